The van der Waals surface area contributed by atoms with Crippen LogP contribution < -0.4 is 9.47 Å². The fourth-order valence-electron chi connectivity index (χ4n) is 4.04. The zero-order valence-corrected chi connectivity index (χ0v) is 17.7. The Balaban J connectivity index is 1.13. The van der Waals surface area contributed by atoms with Crippen LogP contribution in [0, 0.1) is 0 Å². The van der Waals surface area contributed by atoms with Crippen LogP contribution in [0.3, 0.4) is 0 Å². The van der Waals surface area contributed by atoms with Crippen molar-refractivity contribution in [2.45, 2.75) is 25.5 Å². The van der Waals surface area contributed by atoms with Gasteiger partial charge in [-0.2, -0.15) is 0 Å². The lowest BCUT2D eigenvalue weighted by Crippen LogP contribution is -2.48. The summed E-state index contributed by atoms with van der Waals surface area (Å²) in [4.78, 5) is 4.77. The SMILES string of the molecule is C[C@@H](COC[C@H](O)CN1CCN(Cc2ccc3c(c2)OCO3)CC1)c1ccccc1. The third kappa shape index (κ3) is 5.73. The average molecular weight is 413 g/mol. The number of piperazine rings is 1. The first-order valence-corrected chi connectivity index (χ1v) is 10.8. The van der Waals surface area contributed by atoms with Gasteiger partial charge < -0.3 is 19.3 Å². The molecule has 30 heavy (non-hydrogen) atoms. The molecule has 1 saturated heterocycles. The number of β-amino-alcohol motifs (C(OH)–C–C–N with tert-alkyl or cyclic N) is 1. The van der Waals surface area contributed by atoms with Gasteiger partial charge in [-0.25, -0.2) is 0 Å². The molecule has 162 valence electrons. The van der Waals surface area contributed by atoms with Crippen molar-refractivity contribution in [2.24, 2.45) is 0 Å². The van der Waals surface area contributed by atoms with E-state index < -0.39 is 6.10 Å². The van der Waals surface area contributed by atoms with Crippen LogP contribution in [0.4, 0.5) is 0 Å². The van der Waals surface area contributed by atoms with Gasteiger partial charge in [0.1, 0.15) is 0 Å². The number of benzene rings is 2. The minimum absolute atomic E-state index is 0.314. The zero-order chi connectivity index (χ0) is 20.8. The Kier molecular flexibility index (Phi) is 7.23. The number of hydrogen-bond acceptors (Lipinski definition) is 6. The van der Waals surface area contributed by atoms with Gasteiger partial charge >= 0.3 is 0 Å². The van der Waals surface area contributed by atoms with E-state index in [0.29, 0.717) is 32.5 Å². The Morgan fingerprint density at radius 1 is 0.933 bits per heavy atom. The van der Waals surface area contributed by atoms with Gasteiger partial charge in [-0.1, -0.05) is 43.3 Å². The van der Waals surface area contributed by atoms with E-state index in [0.717, 1.165) is 44.2 Å². The molecule has 1 N–H and O–H groups in total. The molecule has 6 heteroatoms. The first-order valence-electron chi connectivity index (χ1n) is 10.8. The molecule has 2 heterocycles. The van der Waals surface area contributed by atoms with E-state index in [1.807, 2.05) is 24.3 Å². The predicted molar refractivity (Wildman–Crippen MR) is 116 cm³/mol. The van der Waals surface area contributed by atoms with Crippen LogP contribution in [0.15, 0.2) is 48.5 Å². The van der Waals surface area contributed by atoms with E-state index in [1.165, 1.54) is 11.1 Å². The first-order chi connectivity index (χ1) is 14.7. The van der Waals surface area contributed by atoms with E-state index in [1.54, 1.807) is 0 Å². The highest BCUT2D eigenvalue weighted by atomic mass is 16.7. The van der Waals surface area contributed by atoms with Crippen LogP contribution in [0.1, 0.15) is 24.0 Å². The van der Waals surface area contributed by atoms with Gasteiger partial charge in [0, 0.05) is 45.2 Å². The monoisotopic (exact) mass is 412 g/mol. The minimum atomic E-state index is -0.451. The Bertz CT molecular complexity index is 793. The topological polar surface area (TPSA) is 54.4 Å². The van der Waals surface area contributed by atoms with Gasteiger partial charge in [0.2, 0.25) is 6.79 Å². The van der Waals surface area contributed by atoms with Gasteiger partial charge in [0.05, 0.1) is 19.3 Å². The summed E-state index contributed by atoms with van der Waals surface area (Å²) in [5, 5.41) is 10.4. The predicted octanol–water partition coefficient (Wildman–Crippen LogP) is 2.71. The first kappa shape index (κ1) is 21.1. The highest BCUT2D eigenvalue weighted by Gasteiger charge is 2.21. The van der Waals surface area contributed by atoms with Crippen molar-refractivity contribution in [3.63, 3.8) is 0 Å². The van der Waals surface area contributed by atoms with Gasteiger partial charge in [-0.3, -0.25) is 9.80 Å². The molecular formula is C24H32N2O4. The summed E-state index contributed by atoms with van der Waals surface area (Å²) in [5.41, 5.74) is 2.51. The maximum absolute atomic E-state index is 10.4. The van der Waals surface area contributed by atoms with E-state index in [2.05, 4.69) is 41.0 Å². The molecule has 6 nitrogen and oxygen atoms in total. The van der Waals surface area contributed by atoms with Crippen LogP contribution >= 0.6 is 0 Å². The van der Waals surface area contributed by atoms with Gasteiger partial charge in [0.15, 0.2) is 11.5 Å². The van der Waals surface area contributed by atoms with Crippen molar-refractivity contribution < 1.29 is 19.3 Å². The van der Waals surface area contributed by atoms with E-state index in [-0.39, 0.29) is 0 Å². The largest absolute Gasteiger partial charge is 0.454 e. The molecule has 0 saturated carbocycles. The van der Waals surface area contributed by atoms with Crippen LogP contribution in [0.25, 0.3) is 0 Å². The normalized spacial score (nSPS) is 19.0. The molecule has 2 aromatic carbocycles. The number of rotatable bonds is 9. The second-order valence-corrected chi connectivity index (χ2v) is 8.27. The molecule has 2 aromatic rings. The maximum atomic E-state index is 10.4. The maximum Gasteiger partial charge on any atom is 0.231 e. The fourth-order valence-corrected chi connectivity index (χ4v) is 4.04. The smallest absolute Gasteiger partial charge is 0.231 e. The third-order valence-electron chi connectivity index (χ3n) is 5.82. The highest BCUT2D eigenvalue weighted by Crippen LogP contribution is 2.32. The number of hydrogen-bond donors (Lipinski definition) is 1. The Labute approximate surface area is 179 Å². The molecule has 0 radical (unpaired) electrons. The van der Waals surface area contributed by atoms with E-state index in [9.17, 15) is 5.11 Å². The van der Waals surface area contributed by atoms with E-state index >= 15 is 0 Å². The lowest BCUT2D eigenvalue weighted by molar-refractivity contribution is 0.00364. The van der Waals surface area contributed by atoms with Crippen molar-refractivity contribution in [1.29, 1.82) is 0 Å². The fraction of sp³-hybridized carbons (Fsp3) is 0.500. The second kappa shape index (κ2) is 10.3. The van der Waals surface area contributed by atoms with Crippen molar-refractivity contribution >= 4 is 0 Å². The standard InChI is InChI=1S/C24H32N2O4/c1-19(21-5-3-2-4-6-21)16-28-17-22(27)15-26-11-9-25(10-12-26)14-20-7-8-23-24(13-20)30-18-29-23/h2-8,13,19,22,27H,9-12,14-18H2,1H3/t19-,22+/m0/s1. The van der Waals surface area contributed by atoms with Crippen LogP contribution in [0.5, 0.6) is 11.5 Å². The molecule has 0 aromatic heterocycles. The summed E-state index contributed by atoms with van der Waals surface area (Å²) in [6.45, 7) is 8.96. The quantitative estimate of drug-likeness (QED) is 0.684. The Morgan fingerprint density at radius 3 is 2.47 bits per heavy atom. The summed E-state index contributed by atoms with van der Waals surface area (Å²) in [5.74, 6) is 2.01. The molecule has 2 atom stereocenters. The number of aliphatic hydroxyl groups is 1. The van der Waals surface area contributed by atoms with Crippen molar-refractivity contribution in [3.05, 3.63) is 59.7 Å². The molecule has 0 bridgehead atoms. The Morgan fingerprint density at radius 2 is 1.67 bits per heavy atom. The molecular weight excluding hydrogens is 380 g/mol. The lowest BCUT2D eigenvalue weighted by Gasteiger charge is -2.35. The molecule has 1 fully saturated rings. The number of aliphatic hydroxyl groups excluding tert-OH is 1. The molecule has 2 aliphatic rings. The summed E-state index contributed by atoms with van der Waals surface area (Å²) in [6.07, 6.45) is -0.451. The van der Waals surface area contributed by atoms with Gasteiger partial charge in [0.25, 0.3) is 0 Å². The molecule has 0 spiro atoms. The van der Waals surface area contributed by atoms with Gasteiger partial charge in [-0.05, 0) is 23.3 Å². The van der Waals surface area contributed by atoms with Crippen LogP contribution in [0.2, 0.25) is 0 Å². The van der Waals surface area contributed by atoms with E-state index in [4.69, 9.17) is 14.2 Å². The summed E-state index contributed by atoms with van der Waals surface area (Å²) >= 11 is 0. The number of ether oxygens (including phenoxy) is 3. The highest BCUT2D eigenvalue weighted by molar-refractivity contribution is 5.44. The summed E-state index contributed by atoms with van der Waals surface area (Å²) < 4.78 is 16.6. The van der Waals surface area contributed by atoms with Crippen LogP contribution in [-0.4, -0.2) is 73.7 Å². The van der Waals surface area contributed by atoms with Crippen molar-refractivity contribution in [1.82, 2.24) is 9.80 Å². The van der Waals surface area contributed by atoms with Crippen molar-refractivity contribution in [2.75, 3.05) is 52.7 Å². The number of fused-ring (bicyclic) bond motifs is 1. The third-order valence-corrected chi connectivity index (χ3v) is 5.82. The molecule has 0 aliphatic carbocycles. The second-order valence-electron chi connectivity index (χ2n) is 8.27. The zero-order valence-electron chi connectivity index (χ0n) is 17.7. The average Bonchev–Trinajstić information content (AvgIpc) is 3.23. The molecule has 4 rings (SSSR count). The molecule has 2 aliphatic heterocycles. The van der Waals surface area contributed by atoms with Crippen LogP contribution in [-0.2, 0) is 11.3 Å². The summed E-state index contributed by atoms with van der Waals surface area (Å²) in [7, 11) is 0. The molecule has 0 amide bonds. The number of nitrogens with zero attached hydrogens (tertiary/aromatic N) is 2. The lowest BCUT2D eigenvalue weighted by atomic mass is 10.0. The molecule has 0 unspecified atom stereocenters. The minimum Gasteiger partial charge on any atom is -0.454 e. The summed E-state index contributed by atoms with van der Waals surface area (Å²) in [6, 6.07) is 16.5. The Hall–Kier alpha value is -2.12. The van der Waals surface area contributed by atoms with Crippen molar-refractivity contribution in [3.8, 4) is 11.5 Å². The van der Waals surface area contributed by atoms with Gasteiger partial charge in [-0.15, -0.1) is 0 Å².